The van der Waals surface area contributed by atoms with Gasteiger partial charge in [0, 0.05) is 23.8 Å². The fraction of sp³-hybridized carbons (Fsp3) is 0.192. The number of nitrogens with zero attached hydrogens (tertiary/aromatic N) is 8. The van der Waals surface area contributed by atoms with Gasteiger partial charge >= 0.3 is 12.1 Å². The first-order valence-electron chi connectivity index (χ1n) is 31.1. The van der Waals surface area contributed by atoms with Crippen LogP contribution in [0, 0.1) is 40.6 Å². The molecule has 1 N–H and O–H groups in total. The third-order valence-corrected chi connectivity index (χ3v) is 16.7. The summed E-state index contributed by atoms with van der Waals surface area (Å²) in [6.45, 7) is 11.6. The monoisotopic (exact) mass is 1310 g/mol. The SMILES string of the molecule is CC(F)(F)CC(F)(F)c1nn(-c2ccccc2)c(F)c1C(F)(F)F.Cc1ccccc1-[n+]1ccc(C)n1C.Cc1ccccc1-c1[nH]c2ccccc2[n+]1C.Cc1ccccc1-c1n(Cc2ccccc2)c2ccccc2[n+]1C.Cc1ccccc1-c1oc2ccccc2[n+]1C. The van der Waals surface area contributed by atoms with Crippen molar-refractivity contribution in [2.75, 3.05) is 0 Å². The lowest BCUT2D eigenvalue weighted by molar-refractivity contribution is -0.683. The molecule has 0 atom stereocenters. The van der Waals surface area contributed by atoms with Crippen molar-refractivity contribution >= 4 is 33.2 Å². The average Bonchev–Trinajstić information content (AvgIpc) is 1.60. The molecule has 9 aromatic carbocycles. The number of aromatic amines is 1. The molecule has 0 aliphatic rings. The van der Waals surface area contributed by atoms with E-state index in [-0.39, 0.29) is 17.3 Å². The van der Waals surface area contributed by atoms with Crippen LogP contribution in [0.25, 0.3) is 78.8 Å². The first-order valence-corrected chi connectivity index (χ1v) is 31.1. The number of fused-ring (bicyclic) bond motifs is 3. The number of para-hydroxylation sites is 8. The quantitative estimate of drug-likeness (QED) is 0.109. The van der Waals surface area contributed by atoms with Gasteiger partial charge in [-0.2, -0.15) is 40.7 Å². The zero-order valence-corrected chi connectivity index (χ0v) is 55.0. The minimum absolute atomic E-state index is 0.0138. The Bertz CT molecular complexity index is 4860. The predicted molar refractivity (Wildman–Crippen MR) is 360 cm³/mol. The van der Waals surface area contributed by atoms with Crippen LogP contribution in [0.2, 0.25) is 0 Å². The Kier molecular flexibility index (Phi) is 20.5. The van der Waals surface area contributed by atoms with Gasteiger partial charge in [-0.15, -0.1) is 0 Å². The molecule has 10 nitrogen and oxygen atoms in total. The van der Waals surface area contributed by atoms with Gasteiger partial charge < -0.3 is 4.42 Å². The van der Waals surface area contributed by atoms with Crippen molar-refractivity contribution in [2.24, 2.45) is 28.2 Å². The second kappa shape index (κ2) is 28.9. The van der Waals surface area contributed by atoms with Crippen LogP contribution in [0.3, 0.4) is 0 Å². The summed E-state index contributed by atoms with van der Waals surface area (Å²) in [7, 11) is 8.36. The van der Waals surface area contributed by atoms with E-state index in [0.717, 1.165) is 47.1 Å². The molecule has 0 aliphatic carbocycles. The molecule has 0 unspecified atom stereocenters. The van der Waals surface area contributed by atoms with Crippen LogP contribution in [-0.2, 0) is 46.8 Å². The molecule has 0 saturated heterocycles. The minimum Gasteiger partial charge on any atom is -0.398 e. The van der Waals surface area contributed by atoms with E-state index < -0.39 is 41.6 Å². The lowest BCUT2D eigenvalue weighted by Gasteiger charge is -2.20. The van der Waals surface area contributed by atoms with Gasteiger partial charge in [-0.1, -0.05) is 162 Å². The smallest absolute Gasteiger partial charge is 0.398 e. The molecule has 5 heterocycles. The van der Waals surface area contributed by atoms with Crippen molar-refractivity contribution in [1.82, 2.24) is 24.0 Å². The Hall–Kier alpha value is -10.8. The summed E-state index contributed by atoms with van der Waals surface area (Å²) >= 11 is 0. The Balaban J connectivity index is 0.000000132. The Morgan fingerprint density at radius 2 is 1.02 bits per heavy atom. The molecule has 14 rings (SSSR count). The van der Waals surface area contributed by atoms with Crippen LogP contribution in [0.4, 0.5) is 35.1 Å². The van der Waals surface area contributed by atoms with Crippen LogP contribution in [0.1, 0.15) is 58.1 Å². The van der Waals surface area contributed by atoms with Gasteiger partial charge in [0.15, 0.2) is 22.1 Å². The maximum absolute atomic E-state index is 14.1. The van der Waals surface area contributed by atoms with E-state index in [2.05, 4.69) is 276 Å². The highest BCUT2D eigenvalue weighted by molar-refractivity contribution is 5.78. The number of rotatable bonds is 10. The molecule has 18 heteroatoms. The largest absolute Gasteiger partial charge is 0.422 e. The summed E-state index contributed by atoms with van der Waals surface area (Å²) in [5.74, 6) is -7.43. The topological polar surface area (TPSA) is 72.1 Å². The molecule has 0 aliphatic heterocycles. The Morgan fingerprint density at radius 3 is 1.58 bits per heavy atom. The van der Waals surface area contributed by atoms with Crippen molar-refractivity contribution in [3.8, 4) is 45.6 Å². The number of halogens is 8. The van der Waals surface area contributed by atoms with Crippen LogP contribution in [0.5, 0.6) is 0 Å². The summed E-state index contributed by atoms with van der Waals surface area (Å²) in [5.41, 5.74) is 14.9. The van der Waals surface area contributed by atoms with Gasteiger partial charge in [0.05, 0.1) is 55.6 Å². The molecule has 14 aromatic rings. The first kappa shape index (κ1) is 68.1. The number of aryl methyl sites for hydroxylation is 8. The van der Waals surface area contributed by atoms with Gasteiger partial charge in [-0.25, -0.2) is 32.1 Å². The van der Waals surface area contributed by atoms with Crippen LogP contribution < -0.4 is 18.4 Å². The molecule has 0 saturated carbocycles. The van der Waals surface area contributed by atoms with Gasteiger partial charge in [-0.3, -0.25) is 0 Å². The number of aromatic nitrogens is 9. The summed E-state index contributed by atoms with van der Waals surface area (Å²) in [4.78, 5) is 3.48. The fourth-order valence-corrected chi connectivity index (χ4v) is 11.6. The molecular weight excluding hydrogens is 1230 g/mol. The van der Waals surface area contributed by atoms with Gasteiger partial charge in [0.25, 0.3) is 29.0 Å². The van der Waals surface area contributed by atoms with Crippen LogP contribution in [0.15, 0.2) is 247 Å². The lowest BCUT2D eigenvalue weighted by atomic mass is 10.0. The highest BCUT2D eigenvalue weighted by Gasteiger charge is 2.52. The van der Waals surface area contributed by atoms with E-state index in [9.17, 15) is 35.1 Å². The van der Waals surface area contributed by atoms with Crippen molar-refractivity contribution in [3.05, 3.63) is 294 Å². The van der Waals surface area contributed by atoms with E-state index in [1.807, 2.05) is 37.4 Å². The van der Waals surface area contributed by atoms with E-state index >= 15 is 0 Å². The molecule has 5 aromatic heterocycles. The highest BCUT2D eigenvalue weighted by Crippen LogP contribution is 2.45. The highest BCUT2D eigenvalue weighted by atomic mass is 19.4. The van der Waals surface area contributed by atoms with Gasteiger partial charge in [0.1, 0.15) is 24.8 Å². The number of hydrogen-bond donors (Lipinski definition) is 1. The normalized spacial score (nSPS) is 11.5. The van der Waals surface area contributed by atoms with Crippen molar-refractivity contribution in [1.29, 1.82) is 0 Å². The third kappa shape index (κ3) is 15.1. The third-order valence-electron chi connectivity index (χ3n) is 16.7. The standard InChI is InChI=1S/C22H21N2.C15H14N2.C15H14NO.C14H10F8N2.C12H15N2/c1-17-10-6-7-13-19(17)22-23(2)20-14-8-9-15-21(20)24(22)16-18-11-4-3-5-12-18;1-11-7-3-4-8-12(11)15-16-13-9-5-6-10-14(13)17(15)2;1-11-7-3-4-8-12(11)15-16(2)13-9-5-6-10-14(13)17-15;1-12(16,17)7-13(18,19)10-9(14(20,21)22)11(15)24(23-10)8-5-3-2-4-6-8;1-10-6-4-5-7-12(10)14-9-8-11(2)13(14)3/h3-15H,16H2,1-2H3;2*3-10H,1-2H3;2-6H,7H2,1H3;4-9H,1-3H3/q+1;;+1;;+1/p+1. The number of benzene rings is 9. The second-order valence-corrected chi connectivity index (χ2v) is 23.7. The number of hydrogen-bond acceptors (Lipinski definition) is 2. The predicted octanol–water partition coefficient (Wildman–Crippen LogP) is 17.8. The molecule has 490 valence electrons. The van der Waals surface area contributed by atoms with Crippen molar-refractivity contribution in [2.45, 2.75) is 72.5 Å². The Labute approximate surface area is 552 Å². The number of oxazole rings is 1. The van der Waals surface area contributed by atoms with Gasteiger partial charge in [0.2, 0.25) is 23.4 Å². The molecule has 0 bridgehead atoms. The summed E-state index contributed by atoms with van der Waals surface area (Å²) < 4.78 is 126. The average molecular weight is 1310 g/mol. The lowest BCUT2D eigenvalue weighted by Crippen LogP contribution is -2.39. The molecule has 0 radical (unpaired) electrons. The van der Waals surface area contributed by atoms with Crippen molar-refractivity contribution in [3.63, 3.8) is 0 Å². The number of H-pyrrole nitrogens is 1. The van der Waals surface area contributed by atoms with E-state index in [1.54, 1.807) is 0 Å². The molecule has 96 heavy (non-hydrogen) atoms. The summed E-state index contributed by atoms with van der Waals surface area (Å²) in [5, 5.41) is 2.94. The summed E-state index contributed by atoms with van der Waals surface area (Å²) in [6.07, 6.45) is -5.66. The first-order chi connectivity index (χ1) is 45.8. The second-order valence-electron chi connectivity index (χ2n) is 23.7. The minimum atomic E-state index is -5.53. The van der Waals surface area contributed by atoms with Crippen LogP contribution in [-0.4, -0.2) is 29.9 Å². The number of alkyl halides is 7. The van der Waals surface area contributed by atoms with Crippen molar-refractivity contribution < 1.29 is 57.9 Å². The molecule has 0 amide bonds. The summed E-state index contributed by atoms with van der Waals surface area (Å²) in [6, 6.07) is 77.9. The molecule has 0 spiro atoms. The van der Waals surface area contributed by atoms with E-state index in [4.69, 9.17) is 4.42 Å². The fourth-order valence-electron chi connectivity index (χ4n) is 11.6. The molecule has 0 fully saturated rings. The Morgan fingerprint density at radius 1 is 0.510 bits per heavy atom. The van der Waals surface area contributed by atoms with E-state index in [0.29, 0.717) is 0 Å². The maximum atomic E-state index is 14.1. The molecular formula is C78H75F8N9O+4. The zero-order valence-electron chi connectivity index (χ0n) is 55.0. The van der Waals surface area contributed by atoms with Crippen LogP contribution >= 0.6 is 0 Å². The maximum Gasteiger partial charge on any atom is 0.422 e. The van der Waals surface area contributed by atoms with Gasteiger partial charge in [-0.05, 0) is 124 Å². The number of imidazole rings is 2. The number of nitrogens with one attached hydrogen (secondary N) is 1. The zero-order chi connectivity index (χ0) is 68.6. The van der Waals surface area contributed by atoms with E-state index in [1.165, 1.54) is 96.4 Å².